The van der Waals surface area contributed by atoms with Gasteiger partial charge in [-0.1, -0.05) is 36.4 Å². The Morgan fingerprint density at radius 1 is 1.11 bits per heavy atom. The molecule has 0 aliphatic rings. The summed E-state index contributed by atoms with van der Waals surface area (Å²) in [6.45, 7) is 0. The maximum absolute atomic E-state index is 11.5. The van der Waals surface area contributed by atoms with Crippen LogP contribution in [0.3, 0.4) is 0 Å². The molecule has 18 heavy (non-hydrogen) atoms. The van der Waals surface area contributed by atoms with E-state index in [9.17, 15) is 4.79 Å². The molecule has 0 radical (unpaired) electrons. The summed E-state index contributed by atoms with van der Waals surface area (Å²) in [6, 6.07) is 15.3. The van der Waals surface area contributed by atoms with Crippen LogP contribution < -0.4 is 0 Å². The van der Waals surface area contributed by atoms with Crippen molar-refractivity contribution in [2.24, 2.45) is 0 Å². The van der Waals surface area contributed by atoms with Crippen LogP contribution in [0.2, 0.25) is 0 Å². The van der Waals surface area contributed by atoms with E-state index in [0.29, 0.717) is 11.4 Å². The van der Waals surface area contributed by atoms with Crippen LogP contribution in [-0.4, -0.2) is 13.1 Å². The fraction of sp³-hybridized carbons (Fsp3) is 0.133. The van der Waals surface area contributed by atoms with Gasteiger partial charge in [0.25, 0.3) is 0 Å². The molecule has 0 heterocycles. The van der Waals surface area contributed by atoms with Crippen molar-refractivity contribution in [1.29, 1.82) is 0 Å². The fourth-order valence-corrected chi connectivity index (χ4v) is 1.91. The molecule has 0 bridgehead atoms. The van der Waals surface area contributed by atoms with Crippen molar-refractivity contribution >= 4 is 17.6 Å². The molecule has 0 amide bonds. The Labute approximate surface area is 111 Å². The molecule has 0 aromatic heterocycles. The zero-order chi connectivity index (χ0) is 13.0. The number of carbonyl (C=O) groups is 1. The quantitative estimate of drug-likeness (QED) is 0.618. The summed E-state index contributed by atoms with van der Waals surface area (Å²) in [6.07, 6.45) is 0. The van der Waals surface area contributed by atoms with Gasteiger partial charge in [0.05, 0.1) is 12.7 Å². The summed E-state index contributed by atoms with van der Waals surface area (Å²) in [5.41, 5.74) is 3.66. The number of hydrogen-bond acceptors (Lipinski definition) is 2. The summed E-state index contributed by atoms with van der Waals surface area (Å²) in [5, 5.41) is 0. The predicted octanol–water partition coefficient (Wildman–Crippen LogP) is 3.88. The average molecular weight is 261 g/mol. The minimum atomic E-state index is -0.325. The average Bonchev–Trinajstić information content (AvgIpc) is 2.46. The molecule has 0 fully saturated rings. The first-order valence-corrected chi connectivity index (χ1v) is 6.11. The van der Waals surface area contributed by atoms with Crippen LogP contribution in [0.4, 0.5) is 0 Å². The number of esters is 1. The van der Waals surface area contributed by atoms with Crippen LogP contribution in [0.15, 0.2) is 48.5 Å². The maximum atomic E-state index is 11.5. The Balaban J connectivity index is 2.35. The Bertz CT molecular complexity index is 547. The molecule has 0 unspecified atom stereocenters. The number of hydrogen-bond donors (Lipinski definition) is 0. The van der Waals surface area contributed by atoms with Gasteiger partial charge in [-0.25, -0.2) is 4.79 Å². The topological polar surface area (TPSA) is 26.3 Å². The van der Waals surface area contributed by atoms with Gasteiger partial charge in [-0.3, -0.25) is 0 Å². The number of benzene rings is 2. The van der Waals surface area contributed by atoms with E-state index in [4.69, 9.17) is 16.3 Å². The van der Waals surface area contributed by atoms with Crippen LogP contribution in [0, 0.1) is 0 Å². The van der Waals surface area contributed by atoms with Crippen molar-refractivity contribution in [3.05, 3.63) is 59.7 Å². The van der Waals surface area contributed by atoms with Crippen LogP contribution in [-0.2, 0) is 10.6 Å². The van der Waals surface area contributed by atoms with E-state index in [1.54, 1.807) is 6.07 Å². The third-order valence-corrected chi connectivity index (χ3v) is 3.03. The summed E-state index contributed by atoms with van der Waals surface area (Å²) >= 11 is 5.75. The Kier molecular flexibility index (Phi) is 4.00. The molecule has 2 rings (SSSR count). The van der Waals surface area contributed by atoms with Crippen LogP contribution in [0.25, 0.3) is 11.1 Å². The molecular weight excluding hydrogens is 248 g/mol. The monoisotopic (exact) mass is 260 g/mol. The summed E-state index contributed by atoms with van der Waals surface area (Å²) < 4.78 is 4.71. The highest BCUT2D eigenvalue weighted by Gasteiger charge is 2.06. The Hall–Kier alpha value is -1.80. The van der Waals surface area contributed by atoms with Gasteiger partial charge in [0.1, 0.15) is 0 Å². The molecule has 0 atom stereocenters. The molecule has 0 saturated carbocycles. The van der Waals surface area contributed by atoms with Gasteiger partial charge in [0, 0.05) is 5.88 Å². The van der Waals surface area contributed by atoms with Gasteiger partial charge in [-0.15, -0.1) is 11.6 Å². The molecule has 0 saturated heterocycles. The van der Waals surface area contributed by atoms with Gasteiger partial charge >= 0.3 is 5.97 Å². The standard InChI is InChI=1S/C15H13ClO2/c1-18-15(17)14-4-2-3-13(9-14)12-7-5-11(10-16)6-8-12/h2-9H,10H2,1H3. The van der Waals surface area contributed by atoms with Gasteiger partial charge in [0.15, 0.2) is 0 Å². The Morgan fingerprint density at radius 2 is 1.83 bits per heavy atom. The lowest BCUT2D eigenvalue weighted by atomic mass is 10.0. The molecule has 0 spiro atoms. The smallest absolute Gasteiger partial charge is 0.337 e. The lowest BCUT2D eigenvalue weighted by molar-refractivity contribution is 0.0601. The normalized spacial score (nSPS) is 10.1. The zero-order valence-electron chi connectivity index (χ0n) is 10.0. The van der Waals surface area contributed by atoms with E-state index >= 15 is 0 Å². The highest BCUT2D eigenvalue weighted by molar-refractivity contribution is 6.17. The Morgan fingerprint density at radius 3 is 2.44 bits per heavy atom. The van der Waals surface area contributed by atoms with E-state index in [1.807, 2.05) is 42.5 Å². The highest BCUT2D eigenvalue weighted by atomic mass is 35.5. The summed E-state index contributed by atoms with van der Waals surface area (Å²) in [4.78, 5) is 11.5. The summed E-state index contributed by atoms with van der Waals surface area (Å²) in [5.74, 6) is 0.178. The molecule has 2 aromatic rings. The molecule has 0 N–H and O–H groups in total. The second kappa shape index (κ2) is 5.69. The van der Waals surface area contributed by atoms with Crippen LogP contribution >= 0.6 is 11.6 Å². The van der Waals surface area contributed by atoms with Crippen LogP contribution in [0.1, 0.15) is 15.9 Å². The first-order valence-electron chi connectivity index (χ1n) is 5.58. The molecule has 3 heteroatoms. The number of carbonyl (C=O) groups excluding carboxylic acids is 1. The number of halogens is 1. The summed E-state index contributed by atoms with van der Waals surface area (Å²) in [7, 11) is 1.38. The van der Waals surface area contributed by atoms with E-state index in [-0.39, 0.29) is 5.97 Å². The number of alkyl halides is 1. The molecule has 92 valence electrons. The van der Waals surface area contributed by atoms with Crippen molar-refractivity contribution < 1.29 is 9.53 Å². The lowest BCUT2D eigenvalue weighted by Crippen LogP contribution is -2.00. The molecule has 2 nitrogen and oxygen atoms in total. The van der Waals surface area contributed by atoms with Gasteiger partial charge in [-0.05, 0) is 28.8 Å². The van der Waals surface area contributed by atoms with Gasteiger partial charge < -0.3 is 4.74 Å². The van der Waals surface area contributed by atoms with Crippen molar-refractivity contribution in [2.75, 3.05) is 7.11 Å². The van der Waals surface area contributed by atoms with Crippen molar-refractivity contribution in [3.63, 3.8) is 0 Å². The van der Waals surface area contributed by atoms with Crippen LogP contribution in [0.5, 0.6) is 0 Å². The SMILES string of the molecule is COC(=O)c1cccc(-c2ccc(CCl)cc2)c1. The van der Waals surface area contributed by atoms with Crippen molar-refractivity contribution in [3.8, 4) is 11.1 Å². The van der Waals surface area contributed by atoms with E-state index in [1.165, 1.54) is 7.11 Å². The first kappa shape index (κ1) is 12.7. The third-order valence-electron chi connectivity index (χ3n) is 2.73. The van der Waals surface area contributed by atoms with Gasteiger partial charge in [0.2, 0.25) is 0 Å². The number of ether oxygens (including phenoxy) is 1. The molecular formula is C15H13ClO2. The van der Waals surface area contributed by atoms with E-state index in [0.717, 1.165) is 16.7 Å². The second-order valence-corrected chi connectivity index (χ2v) is 4.17. The minimum Gasteiger partial charge on any atom is -0.465 e. The molecule has 2 aromatic carbocycles. The third kappa shape index (κ3) is 2.71. The van der Waals surface area contributed by atoms with Crippen molar-refractivity contribution in [1.82, 2.24) is 0 Å². The fourth-order valence-electron chi connectivity index (χ4n) is 1.73. The zero-order valence-corrected chi connectivity index (χ0v) is 10.8. The van der Waals surface area contributed by atoms with E-state index in [2.05, 4.69) is 0 Å². The number of methoxy groups -OCH3 is 1. The largest absolute Gasteiger partial charge is 0.465 e. The van der Waals surface area contributed by atoms with Gasteiger partial charge in [-0.2, -0.15) is 0 Å². The van der Waals surface area contributed by atoms with Crippen molar-refractivity contribution in [2.45, 2.75) is 5.88 Å². The van der Waals surface area contributed by atoms with E-state index < -0.39 is 0 Å². The molecule has 0 aliphatic heterocycles. The maximum Gasteiger partial charge on any atom is 0.337 e. The lowest BCUT2D eigenvalue weighted by Gasteiger charge is -2.05. The number of rotatable bonds is 3. The second-order valence-electron chi connectivity index (χ2n) is 3.90. The highest BCUT2D eigenvalue weighted by Crippen LogP contribution is 2.21. The minimum absolute atomic E-state index is 0.325. The molecule has 0 aliphatic carbocycles. The first-order chi connectivity index (χ1) is 8.74. The predicted molar refractivity (Wildman–Crippen MR) is 72.8 cm³/mol.